The number of anilines is 1. The van der Waals surface area contributed by atoms with Crippen LogP contribution >= 0.6 is 11.6 Å². The van der Waals surface area contributed by atoms with Gasteiger partial charge >= 0.3 is 0 Å². The molecule has 0 unspecified atom stereocenters. The highest BCUT2D eigenvalue weighted by Crippen LogP contribution is 2.12. The number of carbonyl (C=O) groups excluding carboxylic acids is 1. The van der Waals surface area contributed by atoms with E-state index in [0.29, 0.717) is 5.56 Å². The van der Waals surface area contributed by atoms with Crippen LogP contribution in [-0.4, -0.2) is 30.8 Å². The molecule has 0 aliphatic rings. The predicted molar refractivity (Wildman–Crippen MR) is 74.5 cm³/mol. The lowest BCUT2D eigenvalue weighted by Gasteiger charge is -2.04. The lowest BCUT2D eigenvalue weighted by atomic mass is 10.2. The summed E-state index contributed by atoms with van der Waals surface area (Å²) in [5.41, 5.74) is 0.314. The molecule has 104 valence electrons. The van der Waals surface area contributed by atoms with Crippen LogP contribution in [0.2, 0.25) is 5.15 Å². The second kappa shape index (κ2) is 5.56. The van der Waals surface area contributed by atoms with E-state index in [-0.39, 0.29) is 15.9 Å². The molecule has 2 aromatic rings. The van der Waals surface area contributed by atoms with Gasteiger partial charge in [0.05, 0.1) is 4.90 Å². The van der Waals surface area contributed by atoms with E-state index in [9.17, 15) is 13.2 Å². The van der Waals surface area contributed by atoms with E-state index in [1.165, 1.54) is 36.4 Å². The third kappa shape index (κ3) is 3.52. The molecular formula is C12H10ClN3O3S. The fraction of sp³-hybridized carbons (Fsp3) is 0.0833. The SMILES string of the molecule is CS(=O)(=O)c1ccc(C(=O)Nc2ccc(Cl)nn2)cc1. The Labute approximate surface area is 120 Å². The molecule has 0 saturated carbocycles. The number of nitrogens with one attached hydrogen (secondary N) is 1. The standard InChI is InChI=1S/C12H10ClN3O3S/c1-20(18,19)9-4-2-8(3-5-9)12(17)14-11-7-6-10(13)15-16-11/h2-7H,1H3,(H,14,16,17). The van der Waals surface area contributed by atoms with Crippen molar-refractivity contribution in [1.29, 1.82) is 0 Å². The van der Waals surface area contributed by atoms with Gasteiger partial charge in [-0.1, -0.05) is 11.6 Å². The molecule has 0 radical (unpaired) electrons. The minimum atomic E-state index is -3.28. The number of hydrogen-bond acceptors (Lipinski definition) is 5. The largest absolute Gasteiger partial charge is 0.305 e. The maximum absolute atomic E-state index is 11.9. The van der Waals surface area contributed by atoms with Gasteiger partial charge in [-0.25, -0.2) is 8.42 Å². The van der Waals surface area contributed by atoms with E-state index in [1.807, 2.05) is 0 Å². The lowest BCUT2D eigenvalue weighted by molar-refractivity contribution is 0.102. The zero-order chi connectivity index (χ0) is 14.8. The highest BCUT2D eigenvalue weighted by Gasteiger charge is 2.10. The first kappa shape index (κ1) is 14.4. The number of carbonyl (C=O) groups is 1. The van der Waals surface area contributed by atoms with Crippen LogP contribution in [0.25, 0.3) is 0 Å². The Morgan fingerprint density at radius 2 is 1.75 bits per heavy atom. The second-order valence-electron chi connectivity index (χ2n) is 3.99. The van der Waals surface area contributed by atoms with Crippen LogP contribution < -0.4 is 5.32 Å². The molecular weight excluding hydrogens is 302 g/mol. The molecule has 1 N–H and O–H groups in total. The minimum Gasteiger partial charge on any atom is -0.305 e. The number of benzene rings is 1. The fourth-order valence-corrected chi connectivity index (χ4v) is 2.16. The van der Waals surface area contributed by atoms with Crippen LogP contribution in [0.3, 0.4) is 0 Å². The Morgan fingerprint density at radius 3 is 2.25 bits per heavy atom. The van der Waals surface area contributed by atoms with Crippen molar-refractivity contribution in [2.24, 2.45) is 0 Å². The van der Waals surface area contributed by atoms with Gasteiger partial charge < -0.3 is 5.32 Å². The Bertz CT molecular complexity index is 728. The summed E-state index contributed by atoms with van der Waals surface area (Å²) in [5, 5.41) is 10.0. The topological polar surface area (TPSA) is 89.0 Å². The van der Waals surface area contributed by atoms with Crippen molar-refractivity contribution in [3.63, 3.8) is 0 Å². The van der Waals surface area contributed by atoms with Gasteiger partial charge in [-0.05, 0) is 36.4 Å². The zero-order valence-corrected chi connectivity index (χ0v) is 11.9. The number of hydrogen-bond donors (Lipinski definition) is 1. The van der Waals surface area contributed by atoms with E-state index in [0.717, 1.165) is 6.26 Å². The molecule has 0 saturated heterocycles. The maximum atomic E-state index is 11.9. The predicted octanol–water partition coefficient (Wildman–Crippen LogP) is 1.79. The van der Waals surface area contributed by atoms with Crippen molar-refractivity contribution in [3.8, 4) is 0 Å². The van der Waals surface area contributed by atoms with Crippen LogP contribution in [0.4, 0.5) is 5.82 Å². The maximum Gasteiger partial charge on any atom is 0.256 e. The quantitative estimate of drug-likeness (QED) is 0.933. The smallest absolute Gasteiger partial charge is 0.256 e. The van der Waals surface area contributed by atoms with E-state index < -0.39 is 15.7 Å². The summed E-state index contributed by atoms with van der Waals surface area (Å²) in [6.07, 6.45) is 1.10. The highest BCUT2D eigenvalue weighted by atomic mass is 35.5. The average molecular weight is 312 g/mol. The molecule has 0 spiro atoms. The Hall–Kier alpha value is -1.99. The molecule has 20 heavy (non-hydrogen) atoms. The van der Waals surface area contributed by atoms with E-state index in [1.54, 1.807) is 0 Å². The molecule has 1 aromatic carbocycles. The summed E-state index contributed by atoms with van der Waals surface area (Å²) in [4.78, 5) is 12.1. The van der Waals surface area contributed by atoms with Crippen molar-refractivity contribution in [2.45, 2.75) is 4.90 Å². The van der Waals surface area contributed by atoms with Crippen LogP contribution in [0, 0.1) is 0 Å². The molecule has 0 aliphatic heterocycles. The van der Waals surface area contributed by atoms with Crippen LogP contribution in [0.1, 0.15) is 10.4 Å². The first-order chi connectivity index (χ1) is 9.36. The summed E-state index contributed by atoms with van der Waals surface area (Å²) < 4.78 is 22.6. The first-order valence-corrected chi connectivity index (χ1v) is 7.74. The third-order valence-corrected chi connectivity index (χ3v) is 3.75. The molecule has 2 rings (SSSR count). The van der Waals surface area contributed by atoms with Gasteiger partial charge in [0, 0.05) is 11.8 Å². The normalized spacial score (nSPS) is 11.1. The van der Waals surface area contributed by atoms with Gasteiger partial charge in [0.25, 0.3) is 5.91 Å². The average Bonchev–Trinajstić information content (AvgIpc) is 2.40. The second-order valence-corrected chi connectivity index (χ2v) is 6.39. The number of nitrogens with zero attached hydrogens (tertiary/aromatic N) is 2. The molecule has 1 amide bonds. The molecule has 1 aromatic heterocycles. The molecule has 1 heterocycles. The van der Waals surface area contributed by atoms with Gasteiger partial charge in [0.1, 0.15) is 0 Å². The van der Waals surface area contributed by atoms with Crippen LogP contribution in [0.15, 0.2) is 41.3 Å². The van der Waals surface area contributed by atoms with Gasteiger partial charge in [0.15, 0.2) is 20.8 Å². The van der Waals surface area contributed by atoms with Crippen molar-refractivity contribution in [3.05, 3.63) is 47.1 Å². The molecule has 0 aliphatic carbocycles. The van der Waals surface area contributed by atoms with Crippen molar-refractivity contribution in [2.75, 3.05) is 11.6 Å². The summed E-state index contributed by atoms with van der Waals surface area (Å²) >= 11 is 5.58. The van der Waals surface area contributed by atoms with Crippen LogP contribution in [0.5, 0.6) is 0 Å². The number of amides is 1. The number of rotatable bonds is 3. The molecule has 8 heteroatoms. The Balaban J connectivity index is 2.15. The summed E-state index contributed by atoms with van der Waals surface area (Å²) in [5.74, 6) is -0.159. The van der Waals surface area contributed by atoms with Crippen molar-refractivity contribution >= 4 is 33.2 Å². The van der Waals surface area contributed by atoms with E-state index in [2.05, 4.69) is 15.5 Å². The monoisotopic (exact) mass is 311 g/mol. The Kier molecular flexibility index (Phi) is 4.01. The lowest BCUT2D eigenvalue weighted by Crippen LogP contribution is -2.13. The third-order valence-electron chi connectivity index (χ3n) is 2.42. The van der Waals surface area contributed by atoms with E-state index >= 15 is 0 Å². The van der Waals surface area contributed by atoms with Gasteiger partial charge in [-0.15, -0.1) is 10.2 Å². The van der Waals surface area contributed by atoms with Gasteiger partial charge in [0.2, 0.25) is 0 Å². The number of aromatic nitrogens is 2. The van der Waals surface area contributed by atoms with Gasteiger partial charge in [-0.3, -0.25) is 4.79 Å². The molecule has 6 nitrogen and oxygen atoms in total. The zero-order valence-electron chi connectivity index (χ0n) is 10.4. The fourth-order valence-electron chi connectivity index (χ4n) is 1.42. The van der Waals surface area contributed by atoms with Crippen molar-refractivity contribution in [1.82, 2.24) is 10.2 Å². The number of sulfone groups is 1. The first-order valence-electron chi connectivity index (χ1n) is 5.47. The van der Waals surface area contributed by atoms with Gasteiger partial charge in [-0.2, -0.15) is 0 Å². The minimum absolute atomic E-state index is 0.153. The molecule has 0 fully saturated rings. The Morgan fingerprint density at radius 1 is 1.10 bits per heavy atom. The molecule has 0 bridgehead atoms. The van der Waals surface area contributed by atoms with Crippen molar-refractivity contribution < 1.29 is 13.2 Å². The summed E-state index contributed by atoms with van der Waals surface area (Å²) in [6.45, 7) is 0. The van der Waals surface area contributed by atoms with E-state index in [4.69, 9.17) is 11.6 Å². The summed E-state index contributed by atoms with van der Waals surface area (Å²) in [6, 6.07) is 8.61. The van der Waals surface area contributed by atoms with Crippen LogP contribution in [-0.2, 0) is 9.84 Å². The highest BCUT2D eigenvalue weighted by molar-refractivity contribution is 7.90. The molecule has 0 atom stereocenters. The number of halogens is 1. The summed E-state index contributed by atoms with van der Waals surface area (Å²) in [7, 11) is -3.28.